The second-order valence-corrected chi connectivity index (χ2v) is 5.74. The van der Waals surface area contributed by atoms with E-state index in [4.69, 9.17) is 9.84 Å². The van der Waals surface area contributed by atoms with E-state index in [2.05, 4.69) is 0 Å². The summed E-state index contributed by atoms with van der Waals surface area (Å²) in [5, 5.41) is 8.95. The van der Waals surface area contributed by atoms with Gasteiger partial charge in [0.25, 0.3) is 0 Å². The molecule has 0 aliphatic carbocycles. The van der Waals surface area contributed by atoms with E-state index in [1.54, 1.807) is 0 Å². The summed E-state index contributed by atoms with van der Waals surface area (Å²) in [6, 6.07) is 9.53. The summed E-state index contributed by atoms with van der Waals surface area (Å²) in [4.78, 5) is 23.5. The van der Waals surface area contributed by atoms with E-state index in [1.807, 2.05) is 44.2 Å². The minimum absolute atomic E-state index is 0.000434. The highest BCUT2D eigenvalue weighted by molar-refractivity contribution is 5.78. The Kier molecular flexibility index (Phi) is 7.64. The molecule has 0 spiro atoms. The van der Waals surface area contributed by atoms with Crippen molar-refractivity contribution in [1.29, 1.82) is 0 Å². The molecule has 0 saturated heterocycles. The lowest BCUT2D eigenvalue weighted by molar-refractivity contribution is -0.159. The van der Waals surface area contributed by atoms with Crippen LogP contribution in [-0.2, 0) is 20.9 Å². The predicted octanol–water partition coefficient (Wildman–Crippen LogP) is 4.18. The Labute approximate surface area is 132 Å². The zero-order chi connectivity index (χ0) is 16.4. The molecule has 0 bridgehead atoms. The van der Waals surface area contributed by atoms with E-state index in [9.17, 15) is 9.59 Å². The van der Waals surface area contributed by atoms with Gasteiger partial charge in [-0.05, 0) is 24.8 Å². The third kappa shape index (κ3) is 5.51. The molecular formula is C18H26O4. The molecule has 1 aromatic rings. The molecular weight excluding hydrogens is 280 g/mol. The van der Waals surface area contributed by atoms with E-state index in [0.717, 1.165) is 18.4 Å². The molecule has 0 aromatic heterocycles. The lowest BCUT2D eigenvalue weighted by Crippen LogP contribution is -2.33. The van der Waals surface area contributed by atoms with Crippen LogP contribution in [-0.4, -0.2) is 17.0 Å². The minimum Gasteiger partial charge on any atom is -0.481 e. The zero-order valence-corrected chi connectivity index (χ0v) is 13.5. The monoisotopic (exact) mass is 306 g/mol. The average molecular weight is 306 g/mol. The summed E-state index contributed by atoms with van der Waals surface area (Å²) in [5.74, 6) is -1.13. The van der Waals surface area contributed by atoms with Crippen molar-refractivity contribution in [2.45, 2.75) is 59.0 Å². The standard InChI is InChI=1S/C18H26O4/c1-3-11-18(12-4-2,13-10-16(19)20)17(21)22-14-15-8-6-5-7-9-15/h5-9H,3-4,10-14H2,1-2H3,(H,19,20). The Morgan fingerprint density at radius 1 is 1.05 bits per heavy atom. The molecule has 0 radical (unpaired) electrons. The van der Waals surface area contributed by atoms with Crippen LogP contribution in [0.2, 0.25) is 0 Å². The van der Waals surface area contributed by atoms with Crippen molar-refractivity contribution in [2.75, 3.05) is 0 Å². The van der Waals surface area contributed by atoms with Crippen molar-refractivity contribution in [3.8, 4) is 0 Å². The fourth-order valence-electron chi connectivity index (χ4n) is 2.86. The highest BCUT2D eigenvalue weighted by atomic mass is 16.5. The second-order valence-electron chi connectivity index (χ2n) is 5.74. The Morgan fingerprint density at radius 2 is 1.64 bits per heavy atom. The van der Waals surface area contributed by atoms with Crippen LogP contribution in [0.3, 0.4) is 0 Å². The largest absolute Gasteiger partial charge is 0.481 e. The van der Waals surface area contributed by atoms with Gasteiger partial charge in [0.1, 0.15) is 6.61 Å². The number of carboxylic acids is 1. The number of hydrogen-bond donors (Lipinski definition) is 1. The van der Waals surface area contributed by atoms with Crippen molar-refractivity contribution in [1.82, 2.24) is 0 Å². The number of esters is 1. The molecule has 0 fully saturated rings. The molecule has 4 nitrogen and oxygen atoms in total. The summed E-state index contributed by atoms with van der Waals surface area (Å²) in [7, 11) is 0. The number of benzene rings is 1. The summed E-state index contributed by atoms with van der Waals surface area (Å²) >= 11 is 0. The number of carbonyl (C=O) groups is 2. The second kappa shape index (κ2) is 9.23. The third-order valence-electron chi connectivity index (χ3n) is 3.92. The first kappa shape index (κ1) is 18.2. The molecule has 1 aromatic carbocycles. The molecule has 122 valence electrons. The number of aliphatic carboxylic acids is 1. The molecule has 0 heterocycles. The Bertz CT molecular complexity index is 461. The Morgan fingerprint density at radius 3 is 2.14 bits per heavy atom. The fourth-order valence-corrected chi connectivity index (χ4v) is 2.86. The van der Waals surface area contributed by atoms with Gasteiger partial charge in [0.05, 0.1) is 5.41 Å². The van der Waals surface area contributed by atoms with Gasteiger partial charge in [0.15, 0.2) is 0 Å². The molecule has 0 saturated carbocycles. The number of rotatable bonds is 10. The lowest BCUT2D eigenvalue weighted by atomic mass is 9.75. The summed E-state index contributed by atoms with van der Waals surface area (Å²) in [6.45, 7) is 4.26. The van der Waals surface area contributed by atoms with Gasteiger partial charge in [-0.1, -0.05) is 57.0 Å². The van der Waals surface area contributed by atoms with Crippen molar-refractivity contribution in [3.05, 3.63) is 35.9 Å². The predicted molar refractivity (Wildman–Crippen MR) is 85.4 cm³/mol. The van der Waals surface area contributed by atoms with Gasteiger partial charge in [-0.15, -0.1) is 0 Å². The maximum Gasteiger partial charge on any atom is 0.312 e. The number of carboxylic acid groups (broad SMARTS) is 1. The van der Waals surface area contributed by atoms with Gasteiger partial charge in [0, 0.05) is 6.42 Å². The first-order chi connectivity index (χ1) is 10.5. The van der Waals surface area contributed by atoms with Crippen LogP contribution in [0.1, 0.15) is 57.9 Å². The van der Waals surface area contributed by atoms with Gasteiger partial charge in [-0.25, -0.2) is 0 Å². The van der Waals surface area contributed by atoms with Crippen molar-refractivity contribution in [2.24, 2.45) is 5.41 Å². The zero-order valence-electron chi connectivity index (χ0n) is 13.5. The molecule has 22 heavy (non-hydrogen) atoms. The van der Waals surface area contributed by atoms with Crippen LogP contribution >= 0.6 is 0 Å². The molecule has 0 aliphatic heterocycles. The molecule has 0 aliphatic rings. The van der Waals surface area contributed by atoms with Gasteiger partial charge in [-0.3, -0.25) is 9.59 Å². The molecule has 0 atom stereocenters. The number of ether oxygens (including phenoxy) is 1. The molecule has 0 unspecified atom stereocenters. The van der Waals surface area contributed by atoms with Crippen LogP contribution < -0.4 is 0 Å². The maximum absolute atomic E-state index is 12.6. The normalized spacial score (nSPS) is 11.2. The summed E-state index contributed by atoms with van der Waals surface area (Å²) in [6.07, 6.45) is 3.35. The highest BCUT2D eigenvalue weighted by Gasteiger charge is 2.38. The van der Waals surface area contributed by atoms with Crippen LogP contribution in [0.25, 0.3) is 0 Å². The Hall–Kier alpha value is -1.84. The Balaban J connectivity index is 2.78. The summed E-state index contributed by atoms with van der Waals surface area (Å²) in [5.41, 5.74) is 0.271. The third-order valence-corrected chi connectivity index (χ3v) is 3.92. The van der Waals surface area contributed by atoms with Crippen LogP contribution in [0, 0.1) is 5.41 Å². The number of carbonyl (C=O) groups excluding carboxylic acids is 1. The van der Waals surface area contributed by atoms with E-state index in [0.29, 0.717) is 19.3 Å². The van der Waals surface area contributed by atoms with E-state index in [1.165, 1.54) is 0 Å². The quantitative estimate of drug-likeness (QED) is 0.659. The van der Waals surface area contributed by atoms with Gasteiger partial charge in [-0.2, -0.15) is 0 Å². The average Bonchev–Trinajstić information content (AvgIpc) is 2.51. The van der Waals surface area contributed by atoms with E-state index >= 15 is 0 Å². The first-order valence-corrected chi connectivity index (χ1v) is 7.97. The smallest absolute Gasteiger partial charge is 0.312 e. The van der Waals surface area contributed by atoms with E-state index < -0.39 is 11.4 Å². The van der Waals surface area contributed by atoms with Crippen LogP contribution in [0.15, 0.2) is 30.3 Å². The molecule has 4 heteroatoms. The topological polar surface area (TPSA) is 63.6 Å². The first-order valence-electron chi connectivity index (χ1n) is 7.97. The fraction of sp³-hybridized carbons (Fsp3) is 0.556. The van der Waals surface area contributed by atoms with Gasteiger partial charge in [0.2, 0.25) is 0 Å². The molecule has 0 amide bonds. The minimum atomic E-state index is -0.868. The highest BCUT2D eigenvalue weighted by Crippen LogP contribution is 2.36. The van der Waals surface area contributed by atoms with Crippen LogP contribution in [0.5, 0.6) is 0 Å². The van der Waals surface area contributed by atoms with Gasteiger partial charge < -0.3 is 9.84 Å². The summed E-state index contributed by atoms with van der Waals surface area (Å²) < 4.78 is 5.50. The van der Waals surface area contributed by atoms with Gasteiger partial charge >= 0.3 is 11.9 Å². The van der Waals surface area contributed by atoms with Crippen molar-refractivity contribution < 1.29 is 19.4 Å². The van der Waals surface area contributed by atoms with Crippen molar-refractivity contribution in [3.63, 3.8) is 0 Å². The molecule has 1 rings (SSSR count). The van der Waals surface area contributed by atoms with Crippen LogP contribution in [0.4, 0.5) is 0 Å². The molecule has 1 N–H and O–H groups in total. The van der Waals surface area contributed by atoms with E-state index in [-0.39, 0.29) is 19.0 Å². The number of hydrogen-bond acceptors (Lipinski definition) is 3. The maximum atomic E-state index is 12.6. The SMILES string of the molecule is CCCC(CCC)(CCC(=O)O)C(=O)OCc1ccccc1. The van der Waals surface area contributed by atoms with Crippen molar-refractivity contribution >= 4 is 11.9 Å². The lowest BCUT2D eigenvalue weighted by Gasteiger charge is -2.30.